The number of nitrogens with two attached hydrogens (primary N) is 1. The van der Waals surface area contributed by atoms with Gasteiger partial charge in [-0.15, -0.1) is 11.8 Å². The van der Waals surface area contributed by atoms with Gasteiger partial charge in [0.15, 0.2) is 0 Å². The SMILES string of the molecule is CC1OCCC1Sc1cc(Br)ccc1CCN. The summed E-state index contributed by atoms with van der Waals surface area (Å²) >= 11 is 5.47. The van der Waals surface area contributed by atoms with Gasteiger partial charge in [0.05, 0.1) is 6.10 Å². The molecule has 1 heterocycles. The number of ether oxygens (including phenoxy) is 1. The van der Waals surface area contributed by atoms with E-state index in [0.29, 0.717) is 17.9 Å². The highest BCUT2D eigenvalue weighted by atomic mass is 79.9. The fraction of sp³-hybridized carbons (Fsp3) is 0.538. The van der Waals surface area contributed by atoms with Crippen molar-refractivity contribution < 1.29 is 4.74 Å². The Hall–Kier alpha value is -0.0300. The lowest BCUT2D eigenvalue weighted by atomic mass is 10.1. The van der Waals surface area contributed by atoms with Crippen LogP contribution in [0.15, 0.2) is 27.6 Å². The first-order valence-corrected chi connectivity index (χ1v) is 7.64. The second-order valence-electron chi connectivity index (χ2n) is 4.31. The summed E-state index contributed by atoms with van der Waals surface area (Å²) in [4.78, 5) is 1.34. The predicted octanol–water partition coefficient (Wildman–Crippen LogP) is 3.22. The van der Waals surface area contributed by atoms with Crippen LogP contribution in [-0.2, 0) is 11.2 Å². The van der Waals surface area contributed by atoms with E-state index in [2.05, 4.69) is 41.1 Å². The van der Waals surface area contributed by atoms with E-state index in [1.807, 2.05) is 11.8 Å². The predicted molar refractivity (Wildman–Crippen MR) is 76.6 cm³/mol. The fourth-order valence-electron chi connectivity index (χ4n) is 2.03. The molecule has 2 atom stereocenters. The molecule has 0 amide bonds. The Morgan fingerprint density at radius 1 is 1.53 bits per heavy atom. The molecule has 4 heteroatoms. The molecule has 17 heavy (non-hydrogen) atoms. The normalized spacial score (nSPS) is 24.2. The highest BCUT2D eigenvalue weighted by Gasteiger charge is 2.25. The zero-order valence-electron chi connectivity index (χ0n) is 9.99. The van der Waals surface area contributed by atoms with E-state index in [1.165, 1.54) is 10.5 Å². The van der Waals surface area contributed by atoms with Crippen LogP contribution in [0.5, 0.6) is 0 Å². The van der Waals surface area contributed by atoms with Crippen molar-refractivity contribution >= 4 is 27.7 Å². The molecule has 0 aromatic heterocycles. The van der Waals surface area contributed by atoms with Crippen LogP contribution in [0, 0.1) is 0 Å². The third-order valence-corrected chi connectivity index (χ3v) is 5.08. The first-order valence-electron chi connectivity index (χ1n) is 5.97. The van der Waals surface area contributed by atoms with Gasteiger partial charge >= 0.3 is 0 Å². The second kappa shape index (κ2) is 6.23. The van der Waals surface area contributed by atoms with E-state index >= 15 is 0 Å². The second-order valence-corrected chi connectivity index (χ2v) is 6.51. The Balaban J connectivity index is 2.15. The molecule has 1 aliphatic heterocycles. The lowest BCUT2D eigenvalue weighted by Crippen LogP contribution is -2.13. The van der Waals surface area contributed by atoms with Crippen molar-refractivity contribution in [3.63, 3.8) is 0 Å². The van der Waals surface area contributed by atoms with E-state index in [-0.39, 0.29) is 0 Å². The van der Waals surface area contributed by atoms with Gasteiger partial charge < -0.3 is 10.5 Å². The van der Waals surface area contributed by atoms with Crippen LogP contribution in [0.1, 0.15) is 18.9 Å². The summed E-state index contributed by atoms with van der Waals surface area (Å²) < 4.78 is 6.74. The van der Waals surface area contributed by atoms with Crippen molar-refractivity contribution in [2.45, 2.75) is 36.0 Å². The van der Waals surface area contributed by atoms with Crippen LogP contribution >= 0.6 is 27.7 Å². The van der Waals surface area contributed by atoms with Crippen molar-refractivity contribution in [2.75, 3.05) is 13.2 Å². The van der Waals surface area contributed by atoms with Gasteiger partial charge in [-0.05, 0) is 44.0 Å². The van der Waals surface area contributed by atoms with Gasteiger partial charge in [0.1, 0.15) is 0 Å². The molecule has 0 radical (unpaired) electrons. The Bertz CT molecular complexity index is 386. The van der Waals surface area contributed by atoms with Gasteiger partial charge in [0, 0.05) is 21.2 Å². The van der Waals surface area contributed by atoms with E-state index in [1.54, 1.807) is 0 Å². The van der Waals surface area contributed by atoms with Crippen LogP contribution in [0.2, 0.25) is 0 Å². The molecular weight excluding hydrogens is 298 g/mol. The number of halogens is 1. The number of benzene rings is 1. The minimum Gasteiger partial charge on any atom is -0.377 e. The molecule has 0 saturated carbocycles. The van der Waals surface area contributed by atoms with Crippen molar-refractivity contribution in [3.8, 4) is 0 Å². The Kier molecular flexibility index (Phi) is 4.91. The molecule has 0 bridgehead atoms. The zero-order chi connectivity index (χ0) is 12.3. The van der Waals surface area contributed by atoms with E-state index in [0.717, 1.165) is 23.9 Å². The molecule has 2 nitrogen and oxygen atoms in total. The molecule has 1 saturated heterocycles. The molecule has 0 spiro atoms. The van der Waals surface area contributed by atoms with E-state index < -0.39 is 0 Å². The van der Waals surface area contributed by atoms with Crippen molar-refractivity contribution in [3.05, 3.63) is 28.2 Å². The molecule has 94 valence electrons. The van der Waals surface area contributed by atoms with Crippen molar-refractivity contribution in [2.24, 2.45) is 5.73 Å². The maximum Gasteiger partial charge on any atom is 0.0669 e. The summed E-state index contributed by atoms with van der Waals surface area (Å²) in [7, 11) is 0. The lowest BCUT2D eigenvalue weighted by molar-refractivity contribution is 0.127. The molecular formula is C13H18BrNOS. The van der Waals surface area contributed by atoms with Crippen LogP contribution in [0.4, 0.5) is 0 Å². The molecule has 2 rings (SSSR count). The molecule has 1 aromatic carbocycles. The van der Waals surface area contributed by atoms with Gasteiger partial charge in [0.2, 0.25) is 0 Å². The number of thioether (sulfide) groups is 1. The Labute approximate surface area is 115 Å². The van der Waals surface area contributed by atoms with Crippen molar-refractivity contribution in [1.82, 2.24) is 0 Å². The Morgan fingerprint density at radius 3 is 3.00 bits per heavy atom. The molecule has 2 N–H and O–H groups in total. The fourth-order valence-corrected chi connectivity index (χ4v) is 3.87. The largest absolute Gasteiger partial charge is 0.377 e. The maximum atomic E-state index is 5.66. The molecule has 1 aliphatic rings. The summed E-state index contributed by atoms with van der Waals surface area (Å²) in [6, 6.07) is 6.45. The third kappa shape index (κ3) is 3.47. The van der Waals surface area contributed by atoms with Crippen LogP contribution < -0.4 is 5.73 Å². The summed E-state index contributed by atoms with van der Waals surface area (Å²) in [5, 5.41) is 0.570. The van der Waals surface area contributed by atoms with Gasteiger partial charge in [-0.3, -0.25) is 0 Å². The number of rotatable bonds is 4. The first-order chi connectivity index (χ1) is 8.20. The molecule has 1 aromatic rings. The molecule has 1 fully saturated rings. The van der Waals surface area contributed by atoms with E-state index in [9.17, 15) is 0 Å². The van der Waals surface area contributed by atoms with Gasteiger partial charge in [-0.25, -0.2) is 0 Å². The minimum atomic E-state index is 0.352. The molecule has 0 aliphatic carbocycles. The monoisotopic (exact) mass is 315 g/mol. The van der Waals surface area contributed by atoms with Crippen LogP contribution in [0.3, 0.4) is 0 Å². The highest BCUT2D eigenvalue weighted by molar-refractivity contribution is 9.10. The van der Waals surface area contributed by atoms with Gasteiger partial charge in [-0.2, -0.15) is 0 Å². The third-order valence-electron chi connectivity index (χ3n) is 3.03. The zero-order valence-corrected chi connectivity index (χ0v) is 12.4. The topological polar surface area (TPSA) is 35.2 Å². The average molecular weight is 316 g/mol. The first kappa shape index (κ1) is 13.4. The lowest BCUT2D eigenvalue weighted by Gasteiger charge is -2.16. The average Bonchev–Trinajstić information content (AvgIpc) is 2.69. The van der Waals surface area contributed by atoms with Gasteiger partial charge in [0.25, 0.3) is 0 Å². The molecule has 2 unspecified atom stereocenters. The summed E-state index contributed by atoms with van der Waals surface area (Å²) in [5.74, 6) is 0. The van der Waals surface area contributed by atoms with Gasteiger partial charge in [-0.1, -0.05) is 22.0 Å². The number of hydrogen-bond donors (Lipinski definition) is 1. The number of hydrogen-bond acceptors (Lipinski definition) is 3. The van der Waals surface area contributed by atoms with Crippen LogP contribution in [0.25, 0.3) is 0 Å². The summed E-state index contributed by atoms with van der Waals surface area (Å²) in [6.45, 7) is 3.75. The van der Waals surface area contributed by atoms with Crippen molar-refractivity contribution in [1.29, 1.82) is 0 Å². The van der Waals surface area contributed by atoms with Crippen LogP contribution in [-0.4, -0.2) is 24.5 Å². The standard InChI is InChI=1S/C13H18BrNOS/c1-9-12(5-7-16-9)17-13-8-11(14)3-2-10(13)4-6-15/h2-3,8-9,12H,4-7,15H2,1H3. The smallest absolute Gasteiger partial charge is 0.0669 e. The Morgan fingerprint density at radius 2 is 2.35 bits per heavy atom. The quantitative estimate of drug-likeness (QED) is 0.926. The minimum absolute atomic E-state index is 0.352. The maximum absolute atomic E-state index is 5.66. The summed E-state index contributed by atoms with van der Waals surface area (Å²) in [6.07, 6.45) is 2.43. The highest BCUT2D eigenvalue weighted by Crippen LogP contribution is 2.35. The summed E-state index contributed by atoms with van der Waals surface area (Å²) in [5.41, 5.74) is 7.00. The van der Waals surface area contributed by atoms with E-state index in [4.69, 9.17) is 10.5 Å².